The summed E-state index contributed by atoms with van der Waals surface area (Å²) in [5.74, 6) is 1.47. The van der Waals surface area contributed by atoms with E-state index in [0.29, 0.717) is 37.5 Å². The Morgan fingerprint density at radius 3 is 2.12 bits per heavy atom. The van der Waals surface area contributed by atoms with Crippen molar-refractivity contribution in [1.82, 2.24) is 10.2 Å². The monoisotopic (exact) mass is 562 g/mol. The minimum Gasteiger partial charge on any atom is -0.497 e. The van der Waals surface area contributed by atoms with Crippen LogP contribution in [0.1, 0.15) is 37.0 Å². The number of hydrogen-bond donors (Lipinski definition) is 1. The fourth-order valence-electron chi connectivity index (χ4n) is 4.47. The number of nitrogens with zero attached hydrogens (tertiary/aromatic N) is 1. The van der Waals surface area contributed by atoms with E-state index in [-0.39, 0.29) is 30.9 Å². The van der Waals surface area contributed by atoms with Gasteiger partial charge in [-0.15, -0.1) is 0 Å². The van der Waals surface area contributed by atoms with Crippen LogP contribution in [0, 0.1) is 0 Å². The Bertz CT molecular complexity index is 1230. The van der Waals surface area contributed by atoms with Gasteiger partial charge in [-0.3, -0.25) is 9.59 Å². The molecule has 3 aromatic carbocycles. The third-order valence-corrected chi connectivity index (χ3v) is 6.66. The zero-order chi connectivity index (χ0) is 29.6. The first-order valence-electron chi connectivity index (χ1n) is 13.9. The highest BCUT2D eigenvalue weighted by atomic mass is 16.5. The van der Waals surface area contributed by atoms with Crippen LogP contribution in [0.5, 0.6) is 17.2 Å². The topological polar surface area (TPSA) is 86.3 Å². The number of methoxy groups -OCH3 is 3. The average molecular weight is 563 g/mol. The molecule has 0 aliphatic rings. The molecule has 0 saturated heterocycles. The minimum atomic E-state index is -0.724. The van der Waals surface area contributed by atoms with Gasteiger partial charge in [-0.2, -0.15) is 0 Å². The molecular formula is C33H42N2O6. The van der Waals surface area contributed by atoms with Crippen molar-refractivity contribution in [1.29, 1.82) is 0 Å². The fraction of sp³-hybridized carbons (Fsp3) is 0.394. The Morgan fingerprint density at radius 1 is 0.805 bits per heavy atom. The Morgan fingerprint density at radius 2 is 1.49 bits per heavy atom. The van der Waals surface area contributed by atoms with Gasteiger partial charge in [0.2, 0.25) is 11.8 Å². The minimum absolute atomic E-state index is 0.0946. The molecule has 41 heavy (non-hydrogen) atoms. The summed E-state index contributed by atoms with van der Waals surface area (Å²) in [4.78, 5) is 29.4. The van der Waals surface area contributed by atoms with E-state index in [9.17, 15) is 9.59 Å². The zero-order valence-corrected chi connectivity index (χ0v) is 24.7. The van der Waals surface area contributed by atoms with Crippen LogP contribution in [-0.4, -0.2) is 63.3 Å². The summed E-state index contributed by atoms with van der Waals surface area (Å²) in [5, 5.41) is 3.04. The maximum absolute atomic E-state index is 14.0. The number of nitrogens with one attached hydrogen (secondary N) is 1. The summed E-state index contributed by atoms with van der Waals surface area (Å²) in [6.45, 7) is 5.23. The first-order chi connectivity index (χ1) is 19.8. The van der Waals surface area contributed by atoms with Gasteiger partial charge in [0.25, 0.3) is 0 Å². The van der Waals surface area contributed by atoms with E-state index in [0.717, 1.165) is 22.4 Å². The highest BCUT2D eigenvalue weighted by Gasteiger charge is 2.30. The van der Waals surface area contributed by atoms with Gasteiger partial charge < -0.3 is 29.2 Å². The number of rotatable bonds is 16. The van der Waals surface area contributed by atoms with Gasteiger partial charge >= 0.3 is 0 Å². The Hall–Kier alpha value is -4.04. The standard InChI is InChI=1S/C33H42N2O6/c1-24(2)41-19-9-18-34-33(37)29(20-25-10-7-6-8-11-25)35(23-26-12-15-28(38-3)16-13-26)32(36)22-27-14-17-30(39-4)31(21-27)40-5/h6-8,10-17,21,24,29H,9,18-20,22-23H2,1-5H3,(H,34,37). The maximum atomic E-state index is 14.0. The van der Waals surface area contributed by atoms with Gasteiger partial charge in [0.15, 0.2) is 11.5 Å². The highest BCUT2D eigenvalue weighted by molar-refractivity contribution is 5.89. The summed E-state index contributed by atoms with van der Waals surface area (Å²) in [6.07, 6.45) is 1.28. The van der Waals surface area contributed by atoms with Crippen molar-refractivity contribution in [2.45, 2.75) is 51.8 Å². The average Bonchev–Trinajstić information content (AvgIpc) is 2.99. The molecular weight excluding hydrogens is 520 g/mol. The van der Waals surface area contributed by atoms with Crippen LogP contribution in [0.4, 0.5) is 0 Å². The number of carbonyl (C=O) groups excluding carboxylic acids is 2. The van der Waals surface area contributed by atoms with Crippen molar-refractivity contribution in [2.75, 3.05) is 34.5 Å². The van der Waals surface area contributed by atoms with Crippen molar-refractivity contribution >= 4 is 11.8 Å². The van der Waals surface area contributed by atoms with Crippen molar-refractivity contribution in [2.24, 2.45) is 0 Å². The molecule has 3 rings (SSSR count). The van der Waals surface area contributed by atoms with Crippen LogP contribution < -0.4 is 19.5 Å². The third kappa shape index (κ3) is 9.83. The van der Waals surface area contributed by atoms with Crippen LogP contribution in [-0.2, 0) is 33.7 Å². The molecule has 0 aliphatic carbocycles. The Kier molecular flexibility index (Phi) is 12.5. The smallest absolute Gasteiger partial charge is 0.243 e. The molecule has 0 radical (unpaired) electrons. The molecule has 220 valence electrons. The highest BCUT2D eigenvalue weighted by Crippen LogP contribution is 2.28. The summed E-state index contributed by atoms with van der Waals surface area (Å²) in [5.41, 5.74) is 2.62. The number of benzene rings is 3. The summed E-state index contributed by atoms with van der Waals surface area (Å²) in [6, 6.07) is 22.0. The summed E-state index contributed by atoms with van der Waals surface area (Å²) < 4.78 is 21.7. The molecule has 0 aliphatic heterocycles. The molecule has 0 spiro atoms. The lowest BCUT2D eigenvalue weighted by Crippen LogP contribution is -2.51. The molecule has 0 heterocycles. The van der Waals surface area contributed by atoms with Crippen LogP contribution in [0.15, 0.2) is 72.8 Å². The SMILES string of the molecule is COc1ccc(CN(C(=O)Cc2ccc(OC)c(OC)c2)C(Cc2ccccc2)C(=O)NCCCOC(C)C)cc1. The Balaban J connectivity index is 1.91. The largest absolute Gasteiger partial charge is 0.497 e. The predicted molar refractivity (Wildman–Crippen MR) is 159 cm³/mol. The second-order valence-corrected chi connectivity index (χ2v) is 10.0. The van der Waals surface area contributed by atoms with Gasteiger partial charge in [0.1, 0.15) is 11.8 Å². The molecule has 1 atom stereocenters. The first kappa shape index (κ1) is 31.5. The molecule has 3 aromatic rings. The molecule has 8 nitrogen and oxygen atoms in total. The van der Waals surface area contributed by atoms with Crippen LogP contribution in [0.3, 0.4) is 0 Å². The van der Waals surface area contributed by atoms with Crippen LogP contribution in [0.2, 0.25) is 0 Å². The molecule has 1 N–H and O–H groups in total. The van der Waals surface area contributed by atoms with Gasteiger partial charge in [-0.25, -0.2) is 0 Å². The van der Waals surface area contributed by atoms with E-state index in [1.54, 1.807) is 38.4 Å². The first-order valence-corrected chi connectivity index (χ1v) is 13.9. The number of ether oxygens (including phenoxy) is 4. The van der Waals surface area contributed by atoms with E-state index >= 15 is 0 Å². The van der Waals surface area contributed by atoms with E-state index in [1.807, 2.05) is 74.5 Å². The molecule has 8 heteroatoms. The molecule has 1 unspecified atom stereocenters. The molecule has 0 fully saturated rings. The van der Waals surface area contributed by atoms with Gasteiger partial charge in [-0.1, -0.05) is 48.5 Å². The summed E-state index contributed by atoms with van der Waals surface area (Å²) in [7, 11) is 4.74. The van der Waals surface area contributed by atoms with Crippen molar-refractivity contribution in [3.63, 3.8) is 0 Å². The number of hydrogen-bond acceptors (Lipinski definition) is 6. The van der Waals surface area contributed by atoms with Crippen molar-refractivity contribution in [3.05, 3.63) is 89.5 Å². The second-order valence-electron chi connectivity index (χ2n) is 10.0. The van der Waals surface area contributed by atoms with Crippen molar-refractivity contribution < 1.29 is 28.5 Å². The van der Waals surface area contributed by atoms with Gasteiger partial charge in [0, 0.05) is 26.1 Å². The van der Waals surface area contributed by atoms with E-state index in [1.165, 1.54) is 0 Å². The second kappa shape index (κ2) is 16.3. The Labute approximate surface area is 243 Å². The predicted octanol–water partition coefficient (Wildman–Crippen LogP) is 4.83. The third-order valence-electron chi connectivity index (χ3n) is 6.66. The van der Waals surface area contributed by atoms with Crippen molar-refractivity contribution in [3.8, 4) is 17.2 Å². The fourth-order valence-corrected chi connectivity index (χ4v) is 4.47. The van der Waals surface area contributed by atoms with E-state index in [4.69, 9.17) is 18.9 Å². The molecule has 0 aromatic heterocycles. The molecule has 0 saturated carbocycles. The van der Waals surface area contributed by atoms with Gasteiger partial charge in [0.05, 0.1) is 33.9 Å². The van der Waals surface area contributed by atoms with Crippen LogP contribution in [0.25, 0.3) is 0 Å². The summed E-state index contributed by atoms with van der Waals surface area (Å²) >= 11 is 0. The quantitative estimate of drug-likeness (QED) is 0.252. The molecule has 0 bridgehead atoms. The molecule has 2 amide bonds. The van der Waals surface area contributed by atoms with Gasteiger partial charge in [-0.05, 0) is 61.2 Å². The number of amides is 2. The zero-order valence-electron chi connectivity index (χ0n) is 24.7. The lowest BCUT2D eigenvalue weighted by atomic mass is 10.0. The number of carbonyl (C=O) groups is 2. The normalized spacial score (nSPS) is 11.6. The lowest BCUT2D eigenvalue weighted by molar-refractivity contribution is -0.140. The van der Waals surface area contributed by atoms with Crippen LogP contribution >= 0.6 is 0 Å². The maximum Gasteiger partial charge on any atom is 0.243 e. The van der Waals surface area contributed by atoms with E-state index in [2.05, 4.69) is 5.32 Å². The van der Waals surface area contributed by atoms with E-state index < -0.39 is 6.04 Å². The lowest BCUT2D eigenvalue weighted by Gasteiger charge is -2.32.